The molecule has 2 aromatic rings. The van der Waals surface area contributed by atoms with E-state index >= 15 is 0 Å². The first kappa shape index (κ1) is 16.2. The molecule has 3 rings (SSSR count). The Balaban J connectivity index is 1.66. The molecule has 0 spiro atoms. The Bertz CT molecular complexity index is 673. The number of amides is 1. The van der Waals surface area contributed by atoms with Crippen LogP contribution in [0.15, 0.2) is 36.8 Å². The summed E-state index contributed by atoms with van der Waals surface area (Å²) < 4.78 is 0. The van der Waals surface area contributed by atoms with Crippen molar-refractivity contribution in [3.8, 4) is 0 Å². The van der Waals surface area contributed by atoms with Gasteiger partial charge in [0.15, 0.2) is 0 Å². The van der Waals surface area contributed by atoms with Gasteiger partial charge in [-0.3, -0.25) is 4.79 Å². The van der Waals surface area contributed by atoms with Crippen LogP contribution in [0.4, 0.5) is 11.8 Å². The van der Waals surface area contributed by atoms with Crippen LogP contribution in [0.3, 0.4) is 0 Å². The zero-order chi connectivity index (χ0) is 16.9. The number of carbonyl (C=O) groups is 1. The monoisotopic (exact) mass is 326 g/mol. The molecule has 126 valence electrons. The smallest absolute Gasteiger partial charge is 0.255 e. The number of hydrogen-bond donors (Lipinski definition) is 0. The first-order valence-electron chi connectivity index (χ1n) is 8.10. The molecule has 0 unspecified atom stereocenters. The lowest BCUT2D eigenvalue weighted by molar-refractivity contribution is 0.0766. The zero-order valence-electron chi connectivity index (χ0n) is 14.1. The van der Waals surface area contributed by atoms with Gasteiger partial charge in [0, 0.05) is 58.9 Å². The van der Waals surface area contributed by atoms with E-state index in [1.165, 1.54) is 0 Å². The maximum Gasteiger partial charge on any atom is 0.255 e. The van der Waals surface area contributed by atoms with Crippen LogP contribution in [0.2, 0.25) is 0 Å². The van der Waals surface area contributed by atoms with E-state index in [2.05, 4.69) is 19.9 Å². The minimum absolute atomic E-state index is 0.0311. The van der Waals surface area contributed by atoms with Crippen LogP contribution in [-0.4, -0.2) is 66.0 Å². The molecule has 0 radical (unpaired) electrons. The topological polar surface area (TPSA) is 65.5 Å². The fourth-order valence-electron chi connectivity index (χ4n) is 2.73. The Morgan fingerprint density at radius 1 is 1.04 bits per heavy atom. The number of carbonyl (C=O) groups excluding carboxylic acids is 1. The summed E-state index contributed by atoms with van der Waals surface area (Å²) in [4.78, 5) is 31.5. The molecule has 1 amide bonds. The number of nitrogens with zero attached hydrogens (tertiary/aromatic N) is 6. The Labute approximate surface area is 142 Å². The lowest BCUT2D eigenvalue weighted by Crippen LogP contribution is -2.35. The van der Waals surface area contributed by atoms with Gasteiger partial charge in [0.05, 0.1) is 5.56 Å². The summed E-state index contributed by atoms with van der Waals surface area (Å²) in [6.45, 7) is 2.98. The van der Waals surface area contributed by atoms with Crippen molar-refractivity contribution in [3.05, 3.63) is 42.4 Å². The molecule has 7 nitrogen and oxygen atoms in total. The third-order valence-corrected chi connectivity index (χ3v) is 4.07. The SMILES string of the molecule is CN(C)c1ccc(C(=O)N2CCCN(c3ncccn3)CC2)cn1. The molecule has 0 N–H and O–H groups in total. The minimum Gasteiger partial charge on any atom is -0.363 e. The molecule has 1 saturated heterocycles. The van der Waals surface area contributed by atoms with E-state index in [0.29, 0.717) is 12.1 Å². The first-order valence-corrected chi connectivity index (χ1v) is 8.10. The highest BCUT2D eigenvalue weighted by Crippen LogP contribution is 2.14. The maximum absolute atomic E-state index is 12.7. The second-order valence-electron chi connectivity index (χ2n) is 5.98. The van der Waals surface area contributed by atoms with Crippen molar-refractivity contribution in [1.82, 2.24) is 19.9 Å². The van der Waals surface area contributed by atoms with Gasteiger partial charge >= 0.3 is 0 Å². The van der Waals surface area contributed by atoms with E-state index in [0.717, 1.165) is 37.8 Å². The number of anilines is 2. The molecule has 1 aliphatic rings. The Hall–Kier alpha value is -2.70. The van der Waals surface area contributed by atoms with Gasteiger partial charge in [-0.15, -0.1) is 0 Å². The zero-order valence-corrected chi connectivity index (χ0v) is 14.1. The molecule has 0 aliphatic carbocycles. The number of rotatable bonds is 3. The largest absolute Gasteiger partial charge is 0.363 e. The lowest BCUT2D eigenvalue weighted by atomic mass is 10.2. The molecule has 0 bridgehead atoms. The molecule has 0 atom stereocenters. The Kier molecular flexibility index (Phi) is 4.88. The normalized spacial score (nSPS) is 15.1. The molecule has 1 aliphatic heterocycles. The van der Waals surface area contributed by atoms with E-state index in [1.54, 1.807) is 18.6 Å². The highest BCUT2D eigenvalue weighted by Gasteiger charge is 2.21. The summed E-state index contributed by atoms with van der Waals surface area (Å²) in [5.41, 5.74) is 0.630. The lowest BCUT2D eigenvalue weighted by Gasteiger charge is -2.22. The first-order chi connectivity index (χ1) is 11.6. The standard InChI is InChI=1S/C17H22N6O/c1-21(2)15-6-5-14(13-20-15)16(24)22-9-4-10-23(12-11-22)17-18-7-3-8-19-17/h3,5-8,13H,4,9-12H2,1-2H3. The van der Waals surface area contributed by atoms with Crippen molar-refractivity contribution >= 4 is 17.7 Å². The van der Waals surface area contributed by atoms with Gasteiger partial charge in [0.25, 0.3) is 5.91 Å². The molecular weight excluding hydrogens is 304 g/mol. The summed E-state index contributed by atoms with van der Waals surface area (Å²) in [7, 11) is 3.86. The minimum atomic E-state index is 0.0311. The van der Waals surface area contributed by atoms with E-state index in [4.69, 9.17) is 0 Å². The quantitative estimate of drug-likeness (QED) is 0.847. The van der Waals surface area contributed by atoms with E-state index < -0.39 is 0 Å². The Morgan fingerprint density at radius 3 is 2.50 bits per heavy atom. The van der Waals surface area contributed by atoms with Gasteiger partial charge in [-0.25, -0.2) is 15.0 Å². The van der Waals surface area contributed by atoms with Gasteiger partial charge < -0.3 is 14.7 Å². The van der Waals surface area contributed by atoms with Crippen LogP contribution in [0.5, 0.6) is 0 Å². The van der Waals surface area contributed by atoms with Crippen LogP contribution in [-0.2, 0) is 0 Å². The molecule has 1 fully saturated rings. The van der Waals surface area contributed by atoms with Crippen molar-refractivity contribution < 1.29 is 4.79 Å². The third kappa shape index (κ3) is 3.61. The molecular formula is C17H22N6O. The summed E-state index contributed by atoms with van der Waals surface area (Å²) in [6.07, 6.45) is 6.04. The van der Waals surface area contributed by atoms with Gasteiger partial charge in [-0.05, 0) is 24.6 Å². The van der Waals surface area contributed by atoms with Crippen molar-refractivity contribution in [2.24, 2.45) is 0 Å². The predicted octanol–water partition coefficient (Wildman–Crippen LogP) is 1.29. The maximum atomic E-state index is 12.7. The fraction of sp³-hybridized carbons (Fsp3) is 0.412. The average Bonchev–Trinajstić information content (AvgIpc) is 2.88. The number of hydrogen-bond acceptors (Lipinski definition) is 6. The predicted molar refractivity (Wildman–Crippen MR) is 93.3 cm³/mol. The summed E-state index contributed by atoms with van der Waals surface area (Å²) in [6, 6.07) is 5.52. The summed E-state index contributed by atoms with van der Waals surface area (Å²) in [5.74, 6) is 1.60. The second-order valence-corrected chi connectivity index (χ2v) is 5.98. The molecule has 3 heterocycles. The van der Waals surface area contributed by atoms with E-state index in [-0.39, 0.29) is 5.91 Å². The van der Waals surface area contributed by atoms with E-state index in [9.17, 15) is 4.79 Å². The fourth-order valence-corrected chi connectivity index (χ4v) is 2.73. The highest BCUT2D eigenvalue weighted by atomic mass is 16.2. The van der Waals surface area contributed by atoms with Crippen LogP contribution < -0.4 is 9.80 Å². The van der Waals surface area contributed by atoms with E-state index in [1.807, 2.05) is 42.1 Å². The van der Waals surface area contributed by atoms with Crippen LogP contribution in [0.1, 0.15) is 16.8 Å². The highest BCUT2D eigenvalue weighted by molar-refractivity contribution is 5.94. The van der Waals surface area contributed by atoms with Crippen molar-refractivity contribution in [2.45, 2.75) is 6.42 Å². The summed E-state index contributed by atoms with van der Waals surface area (Å²) in [5, 5.41) is 0. The molecule has 0 saturated carbocycles. The van der Waals surface area contributed by atoms with Gasteiger partial charge in [-0.1, -0.05) is 0 Å². The van der Waals surface area contributed by atoms with Gasteiger partial charge in [0.2, 0.25) is 5.95 Å². The summed E-state index contributed by atoms with van der Waals surface area (Å²) >= 11 is 0. The van der Waals surface area contributed by atoms with Crippen molar-refractivity contribution in [2.75, 3.05) is 50.1 Å². The average molecular weight is 326 g/mol. The van der Waals surface area contributed by atoms with Crippen LogP contribution >= 0.6 is 0 Å². The molecule has 2 aromatic heterocycles. The van der Waals surface area contributed by atoms with Crippen LogP contribution in [0, 0.1) is 0 Å². The second kappa shape index (κ2) is 7.25. The molecule has 0 aromatic carbocycles. The van der Waals surface area contributed by atoms with Crippen LogP contribution in [0.25, 0.3) is 0 Å². The molecule has 24 heavy (non-hydrogen) atoms. The number of aromatic nitrogens is 3. The third-order valence-electron chi connectivity index (χ3n) is 4.07. The Morgan fingerprint density at radius 2 is 1.83 bits per heavy atom. The number of pyridine rings is 1. The van der Waals surface area contributed by atoms with Crippen molar-refractivity contribution in [1.29, 1.82) is 0 Å². The molecule has 7 heteroatoms. The van der Waals surface area contributed by atoms with Gasteiger partial charge in [0.1, 0.15) is 5.82 Å². The van der Waals surface area contributed by atoms with Gasteiger partial charge in [-0.2, -0.15) is 0 Å². The van der Waals surface area contributed by atoms with Crippen molar-refractivity contribution in [3.63, 3.8) is 0 Å².